The molecule has 0 radical (unpaired) electrons. The van der Waals surface area contributed by atoms with Gasteiger partial charge in [-0.1, -0.05) is 45.4 Å². The van der Waals surface area contributed by atoms with Gasteiger partial charge in [0.05, 0.1) is 6.42 Å². The zero-order chi connectivity index (χ0) is 11.9. The maximum absolute atomic E-state index is 5.72. The molecule has 1 unspecified atom stereocenters. The molecule has 0 aromatic carbocycles. The van der Waals surface area contributed by atoms with Crippen LogP contribution in [0.25, 0.3) is 0 Å². The van der Waals surface area contributed by atoms with Gasteiger partial charge in [0.1, 0.15) is 0 Å². The number of unbranched alkanes of at least 4 members (excludes halogenated alkanes) is 6. The van der Waals surface area contributed by atoms with Gasteiger partial charge in [0, 0.05) is 0 Å². The summed E-state index contributed by atoms with van der Waals surface area (Å²) in [6.45, 7) is 9.29. The van der Waals surface area contributed by atoms with E-state index in [0.717, 1.165) is 13.0 Å². The third-order valence-corrected chi connectivity index (χ3v) is 3.55. The van der Waals surface area contributed by atoms with Gasteiger partial charge in [0.15, 0.2) is 18.9 Å². The fourth-order valence-electron chi connectivity index (χ4n) is 2.39. The fourth-order valence-corrected chi connectivity index (χ4v) is 2.39. The zero-order valence-corrected chi connectivity index (χ0v) is 11.1. The highest BCUT2D eigenvalue weighted by molar-refractivity contribution is 5.14. The molecule has 0 amide bonds. The van der Waals surface area contributed by atoms with E-state index in [-0.39, 0.29) is 5.60 Å². The molecular formula is C14H28NO+. The molecule has 2 heteroatoms. The van der Waals surface area contributed by atoms with E-state index in [4.69, 9.17) is 4.84 Å². The van der Waals surface area contributed by atoms with E-state index in [2.05, 4.69) is 20.6 Å². The summed E-state index contributed by atoms with van der Waals surface area (Å²) in [5, 5.41) is 0. The van der Waals surface area contributed by atoms with Crippen LogP contribution in [0.3, 0.4) is 0 Å². The van der Waals surface area contributed by atoms with E-state index < -0.39 is 0 Å². The van der Waals surface area contributed by atoms with Crippen molar-refractivity contribution < 1.29 is 9.58 Å². The van der Waals surface area contributed by atoms with Crippen molar-refractivity contribution in [2.24, 2.45) is 0 Å². The van der Waals surface area contributed by atoms with Gasteiger partial charge in [0.2, 0.25) is 0 Å². The quantitative estimate of drug-likeness (QED) is 0.451. The second-order valence-corrected chi connectivity index (χ2v) is 5.37. The van der Waals surface area contributed by atoms with Crippen molar-refractivity contribution in [1.82, 2.24) is 0 Å². The Morgan fingerprint density at radius 2 is 1.75 bits per heavy atom. The van der Waals surface area contributed by atoms with Crippen molar-refractivity contribution in [3.8, 4) is 0 Å². The minimum absolute atomic E-state index is 0.0746. The van der Waals surface area contributed by atoms with Crippen LogP contribution in [0.1, 0.15) is 71.6 Å². The van der Waals surface area contributed by atoms with E-state index in [0.29, 0.717) is 0 Å². The second kappa shape index (κ2) is 6.93. The summed E-state index contributed by atoms with van der Waals surface area (Å²) in [6, 6.07) is 0. The first-order valence-corrected chi connectivity index (χ1v) is 6.93. The monoisotopic (exact) mass is 226 g/mol. The van der Waals surface area contributed by atoms with Crippen LogP contribution >= 0.6 is 0 Å². The number of hydrogen-bond acceptors (Lipinski definition) is 1. The molecule has 1 aliphatic rings. The lowest BCUT2D eigenvalue weighted by Gasteiger charge is -2.16. The largest absolute Gasteiger partial charge is 0.271 e. The SMILES string of the molecule is C=[N+]1CCC(C)(CCCCCCCCC)O1. The van der Waals surface area contributed by atoms with Crippen LogP contribution in [-0.2, 0) is 4.84 Å². The normalized spacial score (nSPS) is 24.8. The van der Waals surface area contributed by atoms with E-state index in [1.807, 2.05) is 0 Å². The first kappa shape index (κ1) is 13.5. The molecule has 0 aliphatic carbocycles. The molecule has 0 aromatic rings. The predicted molar refractivity (Wildman–Crippen MR) is 69.0 cm³/mol. The Kier molecular flexibility index (Phi) is 5.86. The van der Waals surface area contributed by atoms with E-state index in [1.165, 1.54) is 51.4 Å². The second-order valence-electron chi connectivity index (χ2n) is 5.37. The molecule has 1 atom stereocenters. The molecule has 1 rings (SSSR count). The minimum Gasteiger partial charge on any atom is -0.271 e. The van der Waals surface area contributed by atoms with Crippen molar-refractivity contribution >= 4 is 6.72 Å². The summed E-state index contributed by atoms with van der Waals surface area (Å²) in [4.78, 5) is 5.72. The predicted octanol–water partition coefficient (Wildman–Crippen LogP) is 3.93. The molecule has 0 N–H and O–H groups in total. The summed E-state index contributed by atoms with van der Waals surface area (Å²) >= 11 is 0. The molecule has 94 valence electrons. The number of nitrogens with zero attached hydrogens (tertiary/aromatic N) is 1. The lowest BCUT2D eigenvalue weighted by Crippen LogP contribution is -2.23. The smallest absolute Gasteiger partial charge is 0.196 e. The van der Waals surface area contributed by atoms with Crippen LogP contribution in [-0.4, -0.2) is 23.6 Å². The molecule has 0 saturated carbocycles. The van der Waals surface area contributed by atoms with Crippen molar-refractivity contribution in [1.29, 1.82) is 0 Å². The standard InChI is InChI=1S/C14H28NO/c1-4-5-6-7-8-9-10-11-14(2)12-13-15(3)16-14/h3-13H2,1-2H3/q+1. The average Bonchev–Trinajstić information content (AvgIpc) is 2.58. The van der Waals surface area contributed by atoms with Gasteiger partial charge in [-0.3, -0.25) is 4.84 Å². The highest BCUT2D eigenvalue weighted by Crippen LogP contribution is 2.28. The maximum atomic E-state index is 5.72. The van der Waals surface area contributed by atoms with Gasteiger partial charge < -0.3 is 0 Å². The Hall–Kier alpha value is -0.530. The summed E-state index contributed by atoms with van der Waals surface area (Å²) in [6.07, 6.45) is 11.9. The molecule has 1 fully saturated rings. The van der Waals surface area contributed by atoms with Gasteiger partial charge in [-0.2, -0.15) is 0 Å². The third-order valence-electron chi connectivity index (χ3n) is 3.55. The summed E-state index contributed by atoms with van der Waals surface area (Å²) in [5.74, 6) is 0. The molecule has 1 heterocycles. The number of hydrogen-bond donors (Lipinski definition) is 0. The van der Waals surface area contributed by atoms with Crippen molar-refractivity contribution in [3.05, 3.63) is 0 Å². The first-order chi connectivity index (χ1) is 7.66. The molecule has 0 bridgehead atoms. The van der Waals surface area contributed by atoms with Gasteiger partial charge in [-0.25, -0.2) is 0 Å². The molecule has 1 saturated heterocycles. The van der Waals surface area contributed by atoms with E-state index >= 15 is 0 Å². The lowest BCUT2D eigenvalue weighted by atomic mass is 9.95. The van der Waals surface area contributed by atoms with Crippen LogP contribution in [0.4, 0.5) is 0 Å². The summed E-state index contributed by atoms with van der Waals surface area (Å²) in [7, 11) is 0. The molecular weight excluding hydrogens is 198 g/mol. The van der Waals surface area contributed by atoms with E-state index in [1.54, 1.807) is 4.74 Å². The Labute approximate surface area is 101 Å². The van der Waals surface area contributed by atoms with Crippen molar-refractivity contribution in [2.45, 2.75) is 77.2 Å². The average molecular weight is 226 g/mol. The van der Waals surface area contributed by atoms with Crippen LogP contribution in [0.2, 0.25) is 0 Å². The Morgan fingerprint density at radius 3 is 2.31 bits per heavy atom. The van der Waals surface area contributed by atoms with Crippen molar-refractivity contribution in [3.63, 3.8) is 0 Å². The minimum atomic E-state index is 0.0746. The van der Waals surface area contributed by atoms with Gasteiger partial charge in [-0.05, 0) is 24.5 Å². The van der Waals surface area contributed by atoms with Gasteiger partial charge in [0.25, 0.3) is 0 Å². The summed E-state index contributed by atoms with van der Waals surface area (Å²) in [5.41, 5.74) is 0.0746. The number of hydroxylamine groups is 1. The third kappa shape index (κ3) is 5.00. The van der Waals surface area contributed by atoms with Crippen LogP contribution in [0.5, 0.6) is 0 Å². The van der Waals surface area contributed by atoms with E-state index in [9.17, 15) is 0 Å². The molecule has 0 spiro atoms. The van der Waals surface area contributed by atoms with Crippen LogP contribution in [0, 0.1) is 0 Å². The maximum Gasteiger partial charge on any atom is 0.196 e. The lowest BCUT2D eigenvalue weighted by molar-refractivity contribution is -0.773. The Balaban J connectivity index is 1.96. The highest BCUT2D eigenvalue weighted by atomic mass is 16.7. The Bertz CT molecular complexity index is 215. The number of rotatable bonds is 8. The highest BCUT2D eigenvalue weighted by Gasteiger charge is 2.38. The first-order valence-electron chi connectivity index (χ1n) is 6.93. The molecule has 16 heavy (non-hydrogen) atoms. The zero-order valence-electron chi connectivity index (χ0n) is 11.1. The molecule has 2 nitrogen and oxygen atoms in total. The molecule has 0 aromatic heterocycles. The van der Waals surface area contributed by atoms with Gasteiger partial charge in [-0.15, -0.1) is 0 Å². The molecule has 1 aliphatic heterocycles. The van der Waals surface area contributed by atoms with Crippen LogP contribution in [0.15, 0.2) is 0 Å². The van der Waals surface area contributed by atoms with Crippen molar-refractivity contribution in [2.75, 3.05) is 6.54 Å². The fraction of sp³-hybridized carbons (Fsp3) is 0.929. The van der Waals surface area contributed by atoms with Crippen LogP contribution < -0.4 is 0 Å². The topological polar surface area (TPSA) is 12.2 Å². The Morgan fingerprint density at radius 1 is 1.12 bits per heavy atom. The summed E-state index contributed by atoms with van der Waals surface area (Å²) < 4.78 is 1.74. The van der Waals surface area contributed by atoms with Gasteiger partial charge >= 0.3 is 0 Å².